The van der Waals surface area contributed by atoms with Crippen LogP contribution >= 0.6 is 0 Å². The number of nitrogens with zero attached hydrogens (tertiary/aromatic N) is 1. The van der Waals surface area contributed by atoms with E-state index in [1.54, 1.807) is 6.07 Å². The summed E-state index contributed by atoms with van der Waals surface area (Å²) in [5.41, 5.74) is 2.54. The minimum atomic E-state index is 0.241. The first-order chi connectivity index (χ1) is 12.1. The average Bonchev–Trinajstić information content (AvgIpc) is 2.96. The van der Waals surface area contributed by atoms with Gasteiger partial charge in [0.25, 0.3) is 0 Å². The summed E-state index contributed by atoms with van der Waals surface area (Å²) in [6.45, 7) is 11.2. The monoisotopic (exact) mass is 341 g/mol. The quantitative estimate of drug-likeness (QED) is 0.763. The summed E-state index contributed by atoms with van der Waals surface area (Å²) in [6.07, 6.45) is 4.95. The van der Waals surface area contributed by atoms with Crippen LogP contribution in [0.1, 0.15) is 64.2 Å². The van der Waals surface area contributed by atoms with E-state index in [1.807, 2.05) is 26.0 Å². The van der Waals surface area contributed by atoms with E-state index < -0.39 is 0 Å². The maximum Gasteiger partial charge on any atom is 0.134 e. The van der Waals surface area contributed by atoms with Crippen LogP contribution in [0.4, 0.5) is 0 Å². The highest BCUT2D eigenvalue weighted by atomic mass is 16.3. The number of furan rings is 1. The molecule has 4 bridgehead atoms. The average molecular weight is 341 g/mol. The molecule has 3 heteroatoms. The maximum absolute atomic E-state index is 9.89. The van der Waals surface area contributed by atoms with Crippen LogP contribution in [0.25, 0.3) is 11.0 Å². The SMILES string of the molecule is CC.CCC1CC2CC3c4oc5ccc(O)cc5c4CCN(C2)C13C. The predicted octanol–water partition coefficient (Wildman–Crippen LogP) is 5.31. The van der Waals surface area contributed by atoms with E-state index in [0.29, 0.717) is 11.7 Å². The Bertz CT molecular complexity index is 780. The van der Waals surface area contributed by atoms with E-state index >= 15 is 0 Å². The van der Waals surface area contributed by atoms with Gasteiger partial charge in [-0.15, -0.1) is 0 Å². The van der Waals surface area contributed by atoms with E-state index in [9.17, 15) is 5.11 Å². The van der Waals surface area contributed by atoms with Crippen LogP contribution in [0.15, 0.2) is 22.6 Å². The number of aromatic hydroxyl groups is 1. The van der Waals surface area contributed by atoms with Crippen molar-refractivity contribution in [3.05, 3.63) is 29.5 Å². The van der Waals surface area contributed by atoms with Crippen LogP contribution in [-0.2, 0) is 6.42 Å². The summed E-state index contributed by atoms with van der Waals surface area (Å²) in [5, 5.41) is 11.0. The summed E-state index contributed by atoms with van der Waals surface area (Å²) in [5.74, 6) is 3.66. The van der Waals surface area contributed by atoms with Gasteiger partial charge in [-0.05, 0) is 56.2 Å². The Kier molecular flexibility index (Phi) is 4.10. The lowest BCUT2D eigenvalue weighted by molar-refractivity contribution is -0.0877. The van der Waals surface area contributed by atoms with Crippen molar-refractivity contribution in [1.29, 1.82) is 0 Å². The Morgan fingerprint density at radius 2 is 2.08 bits per heavy atom. The number of rotatable bonds is 1. The molecule has 1 aromatic heterocycles. The summed E-state index contributed by atoms with van der Waals surface area (Å²) < 4.78 is 6.38. The standard InChI is InChI=1S/C20H25NO2.C2H6/c1-3-13-8-12-9-17-19-15(6-7-21(11-12)20(13,17)2)16-10-14(22)4-5-18(16)23-19;1-2/h4-5,10,12-13,17,22H,3,6-9,11H2,1-2H3;1-2H3. The smallest absolute Gasteiger partial charge is 0.134 e. The third-order valence-corrected chi connectivity index (χ3v) is 7.13. The van der Waals surface area contributed by atoms with Gasteiger partial charge >= 0.3 is 0 Å². The summed E-state index contributed by atoms with van der Waals surface area (Å²) in [7, 11) is 0. The number of hydrogen-bond donors (Lipinski definition) is 1. The molecule has 1 aliphatic carbocycles. The van der Waals surface area contributed by atoms with Gasteiger partial charge in [0.1, 0.15) is 17.1 Å². The van der Waals surface area contributed by atoms with Crippen molar-refractivity contribution in [3.8, 4) is 5.75 Å². The molecule has 5 unspecified atom stereocenters. The van der Waals surface area contributed by atoms with Gasteiger partial charge in [0.2, 0.25) is 0 Å². The van der Waals surface area contributed by atoms with E-state index in [1.165, 1.54) is 37.1 Å². The molecule has 6 rings (SSSR count). The van der Waals surface area contributed by atoms with Crippen molar-refractivity contribution in [2.24, 2.45) is 11.8 Å². The second-order valence-corrected chi connectivity index (χ2v) is 8.04. The Hall–Kier alpha value is -1.48. The first-order valence-corrected chi connectivity index (χ1v) is 10.1. The number of hydrogen-bond acceptors (Lipinski definition) is 3. The second-order valence-electron chi connectivity index (χ2n) is 8.04. The van der Waals surface area contributed by atoms with Crippen LogP contribution in [0, 0.1) is 11.8 Å². The highest BCUT2D eigenvalue weighted by Gasteiger charge is 2.57. The van der Waals surface area contributed by atoms with Crippen molar-refractivity contribution in [2.75, 3.05) is 13.1 Å². The van der Waals surface area contributed by atoms with E-state index in [0.717, 1.165) is 35.8 Å². The molecule has 1 saturated carbocycles. The molecule has 2 saturated heterocycles. The molecule has 0 amide bonds. The number of fused-ring (bicyclic) bond motifs is 4. The van der Waals surface area contributed by atoms with Crippen LogP contribution < -0.4 is 0 Å². The molecule has 0 radical (unpaired) electrons. The Balaban J connectivity index is 0.000000758. The van der Waals surface area contributed by atoms with Crippen molar-refractivity contribution in [2.45, 2.75) is 64.8 Å². The molecule has 5 atom stereocenters. The summed E-state index contributed by atoms with van der Waals surface area (Å²) in [6, 6.07) is 5.55. The molecule has 3 nitrogen and oxygen atoms in total. The summed E-state index contributed by atoms with van der Waals surface area (Å²) >= 11 is 0. The zero-order valence-electron chi connectivity index (χ0n) is 16.0. The second kappa shape index (κ2) is 6.05. The number of benzene rings is 1. The highest BCUT2D eigenvalue weighted by Crippen LogP contribution is 2.58. The van der Waals surface area contributed by atoms with Gasteiger partial charge < -0.3 is 9.52 Å². The molecule has 3 fully saturated rings. The van der Waals surface area contributed by atoms with Gasteiger partial charge in [-0.2, -0.15) is 0 Å². The van der Waals surface area contributed by atoms with E-state index in [-0.39, 0.29) is 5.54 Å². The molecule has 136 valence electrons. The van der Waals surface area contributed by atoms with E-state index in [2.05, 4.69) is 18.7 Å². The van der Waals surface area contributed by atoms with Crippen LogP contribution in [-0.4, -0.2) is 28.6 Å². The summed E-state index contributed by atoms with van der Waals surface area (Å²) in [4.78, 5) is 2.76. The van der Waals surface area contributed by atoms with Crippen molar-refractivity contribution >= 4 is 11.0 Å². The van der Waals surface area contributed by atoms with Gasteiger partial charge in [-0.1, -0.05) is 27.2 Å². The van der Waals surface area contributed by atoms with Crippen molar-refractivity contribution in [3.63, 3.8) is 0 Å². The maximum atomic E-state index is 9.89. The molecule has 2 aromatic rings. The zero-order chi connectivity index (χ0) is 17.8. The Morgan fingerprint density at radius 3 is 2.84 bits per heavy atom. The molecule has 1 aromatic carbocycles. The molecule has 0 spiro atoms. The fourth-order valence-electron chi connectivity index (χ4n) is 5.96. The van der Waals surface area contributed by atoms with Crippen molar-refractivity contribution in [1.82, 2.24) is 4.90 Å². The zero-order valence-corrected chi connectivity index (χ0v) is 16.0. The van der Waals surface area contributed by atoms with Gasteiger partial charge in [-0.25, -0.2) is 0 Å². The first-order valence-electron chi connectivity index (χ1n) is 10.1. The van der Waals surface area contributed by atoms with Gasteiger partial charge in [0.15, 0.2) is 0 Å². The highest BCUT2D eigenvalue weighted by molar-refractivity contribution is 5.84. The van der Waals surface area contributed by atoms with Gasteiger partial charge in [-0.3, -0.25) is 4.90 Å². The lowest BCUT2D eigenvalue weighted by atomic mass is 9.57. The van der Waals surface area contributed by atoms with Gasteiger partial charge in [0, 0.05) is 35.5 Å². The molecular formula is C22H31NO2. The number of phenols is 1. The van der Waals surface area contributed by atoms with Crippen LogP contribution in [0.2, 0.25) is 0 Å². The third-order valence-electron chi connectivity index (χ3n) is 7.13. The molecule has 4 heterocycles. The minimum Gasteiger partial charge on any atom is -0.508 e. The molecule has 3 aliphatic heterocycles. The molecule has 1 N–H and O–H groups in total. The Labute approximate surface area is 151 Å². The van der Waals surface area contributed by atoms with Crippen molar-refractivity contribution < 1.29 is 9.52 Å². The third kappa shape index (κ3) is 2.28. The largest absolute Gasteiger partial charge is 0.508 e. The Morgan fingerprint density at radius 1 is 1.28 bits per heavy atom. The number of piperidine rings is 2. The topological polar surface area (TPSA) is 36.6 Å². The van der Waals surface area contributed by atoms with E-state index in [4.69, 9.17) is 4.42 Å². The van der Waals surface area contributed by atoms with Crippen LogP contribution in [0.5, 0.6) is 5.75 Å². The lowest BCUT2D eigenvalue weighted by Gasteiger charge is -2.60. The number of phenolic OH excluding ortho intramolecular Hbond substituents is 1. The molecule has 4 aliphatic rings. The molecular weight excluding hydrogens is 310 g/mol. The lowest BCUT2D eigenvalue weighted by Crippen LogP contribution is -2.64. The first kappa shape index (κ1) is 17.0. The fraction of sp³-hybridized carbons (Fsp3) is 0.636. The minimum absolute atomic E-state index is 0.241. The molecule has 25 heavy (non-hydrogen) atoms. The van der Waals surface area contributed by atoms with Gasteiger partial charge in [0.05, 0.1) is 0 Å². The fourth-order valence-corrected chi connectivity index (χ4v) is 5.96. The normalized spacial score (nSPS) is 35.7. The van der Waals surface area contributed by atoms with Crippen LogP contribution in [0.3, 0.4) is 0 Å². The predicted molar refractivity (Wildman–Crippen MR) is 102 cm³/mol.